The predicted octanol–water partition coefficient (Wildman–Crippen LogP) is -0.398. The van der Waals surface area contributed by atoms with E-state index in [4.69, 9.17) is 5.73 Å². The second-order valence-corrected chi connectivity index (χ2v) is 6.37. The molecule has 1 aromatic heterocycles. The number of thiophene rings is 1. The average Bonchev–Trinajstić information content (AvgIpc) is 2.87. The molecule has 5 N–H and O–H groups in total. The van der Waals surface area contributed by atoms with Crippen LogP contribution in [0.5, 0.6) is 0 Å². The van der Waals surface area contributed by atoms with E-state index in [0.717, 1.165) is 31.4 Å². The highest BCUT2D eigenvalue weighted by molar-refractivity contribution is 7.17. The zero-order chi connectivity index (χ0) is 14.7. The molecule has 0 bridgehead atoms. The van der Waals surface area contributed by atoms with Crippen molar-refractivity contribution in [1.82, 2.24) is 5.32 Å². The molecule has 6 nitrogen and oxygen atoms in total. The van der Waals surface area contributed by atoms with Gasteiger partial charge < -0.3 is 16.0 Å². The van der Waals surface area contributed by atoms with Crippen molar-refractivity contribution in [3.8, 4) is 0 Å². The van der Waals surface area contributed by atoms with Gasteiger partial charge in [0.1, 0.15) is 5.00 Å². The number of aryl methyl sites for hydroxylation is 1. The lowest BCUT2D eigenvalue weighted by Crippen LogP contribution is -3.06. The van der Waals surface area contributed by atoms with E-state index in [-0.39, 0.29) is 6.03 Å². The minimum absolute atomic E-state index is 0.284. The fourth-order valence-electron chi connectivity index (χ4n) is 2.33. The monoisotopic (exact) mass is 297 g/mol. The van der Waals surface area contributed by atoms with Crippen molar-refractivity contribution in [3.63, 3.8) is 0 Å². The summed E-state index contributed by atoms with van der Waals surface area (Å²) in [5.74, 6) is -0.461. The molecule has 1 aliphatic carbocycles. The number of nitrogens with two attached hydrogens (primary N) is 1. The van der Waals surface area contributed by atoms with Crippen molar-refractivity contribution >= 4 is 28.3 Å². The summed E-state index contributed by atoms with van der Waals surface area (Å²) >= 11 is 1.47. The Morgan fingerprint density at radius 1 is 1.35 bits per heavy atom. The first-order valence-corrected chi connectivity index (χ1v) is 7.59. The molecule has 110 valence electrons. The van der Waals surface area contributed by atoms with E-state index in [2.05, 4.69) is 10.6 Å². The molecule has 20 heavy (non-hydrogen) atoms. The van der Waals surface area contributed by atoms with E-state index in [1.807, 2.05) is 14.1 Å². The molecule has 0 atom stereocenters. The van der Waals surface area contributed by atoms with E-state index in [0.29, 0.717) is 17.1 Å². The Labute approximate surface area is 122 Å². The maximum Gasteiger partial charge on any atom is 0.320 e. The first-order valence-electron chi connectivity index (χ1n) is 6.77. The van der Waals surface area contributed by atoms with Crippen molar-refractivity contribution in [2.75, 3.05) is 32.5 Å². The number of amides is 3. The predicted molar refractivity (Wildman–Crippen MR) is 79.6 cm³/mol. The number of fused-ring (bicyclic) bond motifs is 1. The maximum absolute atomic E-state index is 11.8. The number of nitrogens with one attached hydrogen (secondary N) is 3. The molecule has 7 heteroatoms. The minimum atomic E-state index is -0.461. The Morgan fingerprint density at radius 2 is 2.10 bits per heavy atom. The summed E-state index contributed by atoms with van der Waals surface area (Å²) in [5, 5.41) is 6.11. The molecule has 0 saturated heterocycles. The topological polar surface area (TPSA) is 88.7 Å². The van der Waals surface area contributed by atoms with Crippen LogP contribution in [0, 0.1) is 0 Å². The van der Waals surface area contributed by atoms with Gasteiger partial charge in [-0.25, -0.2) is 4.79 Å². The number of quaternary nitrogens is 1. The Bertz CT molecular complexity index is 525. The summed E-state index contributed by atoms with van der Waals surface area (Å²) in [6.45, 7) is 1.43. The Hall–Kier alpha value is -1.60. The van der Waals surface area contributed by atoms with Crippen LogP contribution in [0.4, 0.5) is 9.80 Å². The number of carbonyl (C=O) groups is 2. The normalized spacial score (nSPS) is 13.3. The third kappa shape index (κ3) is 3.29. The number of urea groups is 1. The van der Waals surface area contributed by atoms with Crippen LogP contribution in [0.3, 0.4) is 0 Å². The molecule has 0 fully saturated rings. The van der Waals surface area contributed by atoms with E-state index < -0.39 is 5.91 Å². The molecule has 1 heterocycles. The van der Waals surface area contributed by atoms with Crippen molar-refractivity contribution in [2.24, 2.45) is 5.73 Å². The van der Waals surface area contributed by atoms with Gasteiger partial charge in [-0.3, -0.25) is 10.1 Å². The second-order valence-electron chi connectivity index (χ2n) is 5.26. The van der Waals surface area contributed by atoms with E-state index in [1.165, 1.54) is 21.1 Å². The van der Waals surface area contributed by atoms with E-state index in [1.54, 1.807) is 0 Å². The molecule has 0 aliphatic heterocycles. The molecule has 1 aromatic rings. The molecule has 0 spiro atoms. The summed E-state index contributed by atoms with van der Waals surface area (Å²) < 4.78 is 0. The van der Waals surface area contributed by atoms with Crippen LogP contribution in [0.25, 0.3) is 0 Å². The Balaban J connectivity index is 2.02. The molecule has 2 rings (SSSR count). The zero-order valence-electron chi connectivity index (χ0n) is 11.8. The second kappa shape index (κ2) is 6.23. The molecular formula is C13H21N4O2S+. The van der Waals surface area contributed by atoms with Gasteiger partial charge in [0.25, 0.3) is 5.91 Å². The largest absolute Gasteiger partial charge is 0.365 e. The van der Waals surface area contributed by atoms with Crippen LogP contribution < -0.4 is 21.3 Å². The Morgan fingerprint density at radius 3 is 2.75 bits per heavy atom. The SMILES string of the molecule is C[NH+](C)CCNC(=O)Nc1sc2c(c1C(N)=O)CCC2. The molecule has 3 amide bonds. The first kappa shape index (κ1) is 14.8. The summed E-state index contributed by atoms with van der Waals surface area (Å²) in [5.41, 5.74) is 6.96. The fraction of sp³-hybridized carbons (Fsp3) is 0.538. The van der Waals surface area contributed by atoms with Gasteiger partial charge >= 0.3 is 6.03 Å². The Kier molecular flexibility index (Phi) is 4.61. The van der Waals surface area contributed by atoms with Crippen molar-refractivity contribution in [3.05, 3.63) is 16.0 Å². The number of hydrogen-bond acceptors (Lipinski definition) is 3. The standard InChI is InChI=1S/C13H20N4O2S/c1-17(2)7-6-15-13(19)16-12-10(11(14)18)8-4-3-5-9(8)20-12/h3-7H2,1-2H3,(H2,14,18)(H2,15,16,19)/p+1. The lowest BCUT2D eigenvalue weighted by Gasteiger charge is -2.09. The van der Waals surface area contributed by atoms with Crippen LogP contribution in [0.15, 0.2) is 0 Å². The fourth-order valence-corrected chi connectivity index (χ4v) is 3.62. The van der Waals surface area contributed by atoms with Gasteiger partial charge in [0.05, 0.1) is 32.7 Å². The molecule has 0 radical (unpaired) electrons. The van der Waals surface area contributed by atoms with Gasteiger partial charge in [-0.1, -0.05) is 0 Å². The van der Waals surface area contributed by atoms with Gasteiger partial charge in [-0.05, 0) is 24.8 Å². The highest BCUT2D eigenvalue weighted by Crippen LogP contribution is 2.38. The lowest BCUT2D eigenvalue weighted by atomic mass is 10.1. The number of carbonyl (C=O) groups excluding carboxylic acids is 2. The van der Waals surface area contributed by atoms with Crippen molar-refractivity contribution in [1.29, 1.82) is 0 Å². The van der Waals surface area contributed by atoms with Gasteiger partial charge in [-0.15, -0.1) is 11.3 Å². The number of anilines is 1. The van der Waals surface area contributed by atoms with Crippen LogP contribution >= 0.6 is 11.3 Å². The molecule has 0 saturated carbocycles. The molecule has 0 unspecified atom stereocenters. The van der Waals surface area contributed by atoms with E-state index >= 15 is 0 Å². The summed E-state index contributed by atoms with van der Waals surface area (Å²) in [4.78, 5) is 25.8. The zero-order valence-corrected chi connectivity index (χ0v) is 12.7. The summed E-state index contributed by atoms with van der Waals surface area (Å²) in [7, 11) is 4.04. The number of likely N-dealkylation sites (N-methyl/N-ethyl adjacent to an activating group) is 1. The lowest BCUT2D eigenvalue weighted by molar-refractivity contribution is -0.856. The van der Waals surface area contributed by atoms with E-state index in [9.17, 15) is 9.59 Å². The average molecular weight is 297 g/mol. The van der Waals surface area contributed by atoms with Gasteiger partial charge in [0, 0.05) is 4.88 Å². The summed E-state index contributed by atoms with van der Waals surface area (Å²) in [6.07, 6.45) is 2.89. The quantitative estimate of drug-likeness (QED) is 0.596. The van der Waals surface area contributed by atoms with Gasteiger partial charge in [0.2, 0.25) is 0 Å². The van der Waals surface area contributed by atoms with Crippen molar-refractivity contribution in [2.45, 2.75) is 19.3 Å². The van der Waals surface area contributed by atoms with Crippen LogP contribution in [-0.4, -0.2) is 39.1 Å². The smallest absolute Gasteiger partial charge is 0.320 e. The molecule has 1 aliphatic rings. The summed E-state index contributed by atoms with van der Waals surface area (Å²) in [6, 6.07) is -0.284. The minimum Gasteiger partial charge on any atom is -0.365 e. The van der Waals surface area contributed by atoms with Gasteiger partial charge in [0.15, 0.2) is 0 Å². The highest BCUT2D eigenvalue weighted by atomic mass is 32.1. The number of hydrogen-bond donors (Lipinski definition) is 4. The third-order valence-electron chi connectivity index (χ3n) is 3.31. The number of primary amides is 1. The first-order chi connectivity index (χ1) is 9.49. The van der Waals surface area contributed by atoms with Gasteiger partial charge in [-0.2, -0.15) is 0 Å². The third-order valence-corrected chi connectivity index (χ3v) is 4.51. The van der Waals surface area contributed by atoms with Crippen LogP contribution in [-0.2, 0) is 12.8 Å². The molecule has 0 aromatic carbocycles. The molecular weight excluding hydrogens is 276 g/mol. The highest BCUT2D eigenvalue weighted by Gasteiger charge is 2.25. The van der Waals surface area contributed by atoms with Crippen LogP contribution in [0.2, 0.25) is 0 Å². The van der Waals surface area contributed by atoms with Crippen LogP contribution in [0.1, 0.15) is 27.2 Å². The van der Waals surface area contributed by atoms with Crippen molar-refractivity contribution < 1.29 is 14.5 Å². The number of rotatable bonds is 5. The maximum atomic E-state index is 11.8.